The minimum absolute atomic E-state index is 0. The van der Waals surface area contributed by atoms with E-state index in [2.05, 4.69) is 15.6 Å². The maximum absolute atomic E-state index is 11.9. The highest BCUT2D eigenvalue weighted by molar-refractivity contribution is 14.0. The third-order valence-electron chi connectivity index (χ3n) is 3.95. The van der Waals surface area contributed by atoms with Crippen LogP contribution in [0.5, 0.6) is 5.75 Å². The van der Waals surface area contributed by atoms with Crippen LogP contribution >= 0.6 is 35.6 Å². The van der Waals surface area contributed by atoms with E-state index in [4.69, 9.17) is 21.1 Å². The lowest BCUT2D eigenvalue weighted by molar-refractivity contribution is 0.0597. The second-order valence-corrected chi connectivity index (χ2v) is 6.20. The molecule has 0 spiro atoms. The van der Waals surface area contributed by atoms with E-state index in [9.17, 15) is 4.79 Å². The number of nitrogens with zero attached hydrogens (tertiary/aromatic N) is 1. The van der Waals surface area contributed by atoms with Gasteiger partial charge in [0.05, 0.1) is 14.2 Å². The number of hydrogen-bond acceptors (Lipinski definition) is 4. The standard InChI is InChI=1S/C20H24ClN3O3.HI/c1-22-20(23-10-9-14-5-4-6-16(21)11-14)24-13-15-7-8-18(26-2)17(12-15)19(25)27-3;/h4-8,11-12H,9-10,13H2,1-3H3,(H2,22,23,24);1H. The largest absolute Gasteiger partial charge is 0.496 e. The SMILES string of the molecule is CN=C(NCCc1cccc(Cl)c1)NCc1ccc(OC)c(C(=O)OC)c1.I. The quantitative estimate of drug-likeness (QED) is 0.254. The van der Waals surface area contributed by atoms with Gasteiger partial charge in [0.1, 0.15) is 11.3 Å². The first-order valence-electron chi connectivity index (χ1n) is 8.51. The molecule has 2 rings (SSSR count). The van der Waals surface area contributed by atoms with Gasteiger partial charge in [0.15, 0.2) is 5.96 Å². The van der Waals surface area contributed by atoms with Crippen LogP contribution in [0.25, 0.3) is 0 Å². The van der Waals surface area contributed by atoms with E-state index in [1.807, 2.05) is 30.3 Å². The second-order valence-electron chi connectivity index (χ2n) is 5.76. The van der Waals surface area contributed by atoms with Gasteiger partial charge in [-0.3, -0.25) is 4.99 Å². The van der Waals surface area contributed by atoms with E-state index in [1.54, 1.807) is 19.2 Å². The topological polar surface area (TPSA) is 72.0 Å². The summed E-state index contributed by atoms with van der Waals surface area (Å²) in [6.45, 7) is 1.22. The molecule has 0 saturated heterocycles. The van der Waals surface area contributed by atoms with E-state index in [0.717, 1.165) is 29.1 Å². The molecule has 0 atom stereocenters. The van der Waals surface area contributed by atoms with Crippen molar-refractivity contribution < 1.29 is 14.3 Å². The fourth-order valence-electron chi connectivity index (χ4n) is 2.56. The molecule has 0 aliphatic heterocycles. The van der Waals surface area contributed by atoms with Gasteiger partial charge in [-0.25, -0.2) is 4.79 Å². The highest BCUT2D eigenvalue weighted by Crippen LogP contribution is 2.20. The van der Waals surface area contributed by atoms with E-state index < -0.39 is 5.97 Å². The zero-order valence-electron chi connectivity index (χ0n) is 16.1. The number of carbonyl (C=O) groups excluding carboxylic acids is 1. The Morgan fingerprint density at radius 3 is 2.54 bits per heavy atom. The Labute approximate surface area is 187 Å². The number of carbonyl (C=O) groups is 1. The zero-order valence-corrected chi connectivity index (χ0v) is 19.2. The van der Waals surface area contributed by atoms with Crippen molar-refractivity contribution in [2.45, 2.75) is 13.0 Å². The normalized spacial score (nSPS) is 10.6. The first kappa shape index (κ1) is 24.0. The summed E-state index contributed by atoms with van der Waals surface area (Å²) in [5.41, 5.74) is 2.46. The highest BCUT2D eigenvalue weighted by Gasteiger charge is 2.13. The van der Waals surface area contributed by atoms with E-state index in [-0.39, 0.29) is 24.0 Å². The van der Waals surface area contributed by atoms with Crippen molar-refractivity contribution in [2.75, 3.05) is 27.8 Å². The smallest absolute Gasteiger partial charge is 0.341 e. The number of halogens is 2. The molecular formula is C20H25ClIN3O3. The molecule has 0 bridgehead atoms. The molecule has 2 N–H and O–H groups in total. The summed E-state index contributed by atoms with van der Waals surface area (Å²) in [7, 11) is 4.58. The average molecular weight is 518 g/mol. The van der Waals surface area contributed by atoms with Crippen LogP contribution in [0.3, 0.4) is 0 Å². The van der Waals surface area contributed by atoms with Crippen LogP contribution in [0.2, 0.25) is 5.02 Å². The summed E-state index contributed by atoms with van der Waals surface area (Å²) in [5.74, 6) is 0.722. The van der Waals surface area contributed by atoms with E-state index in [0.29, 0.717) is 23.8 Å². The second kappa shape index (κ2) is 12.5. The number of esters is 1. The third-order valence-corrected chi connectivity index (χ3v) is 4.18. The molecule has 6 nitrogen and oxygen atoms in total. The fourth-order valence-corrected chi connectivity index (χ4v) is 2.77. The van der Waals surface area contributed by atoms with Crippen LogP contribution in [-0.2, 0) is 17.7 Å². The van der Waals surface area contributed by atoms with E-state index >= 15 is 0 Å². The predicted molar refractivity (Wildman–Crippen MR) is 123 cm³/mol. The van der Waals surface area contributed by atoms with Gasteiger partial charge in [-0.05, 0) is 41.8 Å². The molecule has 2 aromatic rings. The fraction of sp³-hybridized carbons (Fsp3) is 0.300. The first-order chi connectivity index (χ1) is 13.1. The lowest BCUT2D eigenvalue weighted by Gasteiger charge is -2.13. The Kier molecular flexibility index (Phi) is 10.7. The molecule has 0 aliphatic carbocycles. The lowest BCUT2D eigenvalue weighted by atomic mass is 10.1. The van der Waals surface area contributed by atoms with Crippen molar-refractivity contribution >= 4 is 47.5 Å². The van der Waals surface area contributed by atoms with Crippen molar-refractivity contribution in [1.29, 1.82) is 0 Å². The van der Waals surface area contributed by atoms with Crippen LogP contribution in [0, 0.1) is 0 Å². The molecule has 0 fully saturated rings. The molecule has 8 heteroatoms. The van der Waals surface area contributed by atoms with Gasteiger partial charge in [0.2, 0.25) is 0 Å². The number of aliphatic imine (C=N–C) groups is 1. The van der Waals surface area contributed by atoms with Gasteiger partial charge in [0.25, 0.3) is 0 Å². The number of benzene rings is 2. The molecule has 0 aromatic heterocycles. The third kappa shape index (κ3) is 7.20. The van der Waals surface area contributed by atoms with Gasteiger partial charge in [0, 0.05) is 25.2 Å². The summed E-state index contributed by atoms with van der Waals surface area (Å²) in [4.78, 5) is 16.1. The van der Waals surface area contributed by atoms with Crippen LogP contribution in [0.15, 0.2) is 47.5 Å². The van der Waals surface area contributed by atoms with Crippen LogP contribution < -0.4 is 15.4 Å². The molecular weight excluding hydrogens is 493 g/mol. The van der Waals surface area contributed by atoms with Crippen LogP contribution in [0.1, 0.15) is 21.5 Å². The minimum Gasteiger partial charge on any atom is -0.496 e. The van der Waals surface area contributed by atoms with Crippen molar-refractivity contribution in [1.82, 2.24) is 10.6 Å². The molecule has 0 radical (unpaired) electrons. The Morgan fingerprint density at radius 1 is 1.11 bits per heavy atom. The molecule has 0 unspecified atom stereocenters. The van der Waals surface area contributed by atoms with Crippen molar-refractivity contribution in [3.05, 3.63) is 64.2 Å². The van der Waals surface area contributed by atoms with Crippen molar-refractivity contribution in [3.8, 4) is 5.75 Å². The van der Waals surface area contributed by atoms with Gasteiger partial charge >= 0.3 is 5.97 Å². The van der Waals surface area contributed by atoms with Gasteiger partial charge in [-0.15, -0.1) is 24.0 Å². The molecule has 0 amide bonds. The molecule has 0 saturated carbocycles. The maximum Gasteiger partial charge on any atom is 0.341 e. The summed E-state index contributed by atoms with van der Waals surface area (Å²) < 4.78 is 10.0. The molecule has 28 heavy (non-hydrogen) atoms. The highest BCUT2D eigenvalue weighted by atomic mass is 127. The van der Waals surface area contributed by atoms with Crippen molar-refractivity contribution in [3.63, 3.8) is 0 Å². The Morgan fingerprint density at radius 2 is 1.89 bits per heavy atom. The number of guanidine groups is 1. The summed E-state index contributed by atoms with van der Waals surface area (Å²) >= 11 is 6.00. The number of rotatable bonds is 7. The van der Waals surface area contributed by atoms with E-state index in [1.165, 1.54) is 14.2 Å². The van der Waals surface area contributed by atoms with Gasteiger partial charge in [-0.2, -0.15) is 0 Å². The molecule has 152 valence electrons. The minimum atomic E-state index is -0.433. The Bertz CT molecular complexity index is 815. The lowest BCUT2D eigenvalue weighted by Crippen LogP contribution is -2.37. The molecule has 0 heterocycles. The molecule has 0 aliphatic rings. The summed E-state index contributed by atoms with van der Waals surface area (Å²) in [5, 5.41) is 7.22. The number of nitrogens with one attached hydrogen (secondary N) is 2. The Balaban J connectivity index is 0.00000392. The Hall–Kier alpha value is -2.00. The summed E-state index contributed by atoms with van der Waals surface area (Å²) in [6.07, 6.45) is 0.830. The van der Waals surface area contributed by atoms with Gasteiger partial charge < -0.3 is 20.1 Å². The number of hydrogen-bond donors (Lipinski definition) is 2. The van der Waals surface area contributed by atoms with Gasteiger partial charge in [-0.1, -0.05) is 29.8 Å². The monoisotopic (exact) mass is 517 g/mol. The van der Waals surface area contributed by atoms with Crippen LogP contribution in [0.4, 0.5) is 0 Å². The number of methoxy groups -OCH3 is 2. The van der Waals surface area contributed by atoms with Crippen LogP contribution in [-0.4, -0.2) is 39.7 Å². The van der Waals surface area contributed by atoms with Crippen molar-refractivity contribution in [2.24, 2.45) is 4.99 Å². The summed E-state index contributed by atoms with van der Waals surface area (Å²) in [6, 6.07) is 13.2. The predicted octanol–water partition coefficient (Wildman–Crippen LogP) is 3.66. The first-order valence-corrected chi connectivity index (χ1v) is 8.89. The molecule has 2 aromatic carbocycles. The average Bonchev–Trinajstić information content (AvgIpc) is 2.69. The zero-order chi connectivity index (χ0) is 19.6. The maximum atomic E-state index is 11.9. The number of ether oxygens (including phenoxy) is 2.